The van der Waals surface area contributed by atoms with Gasteiger partial charge in [-0.1, -0.05) is 31.8 Å². The molecule has 0 radical (unpaired) electrons. The Morgan fingerprint density at radius 1 is 1.29 bits per heavy atom. The van der Waals surface area contributed by atoms with Crippen molar-refractivity contribution in [3.8, 4) is 0 Å². The van der Waals surface area contributed by atoms with Crippen LogP contribution in [0.25, 0.3) is 0 Å². The number of nitrogens with two attached hydrogens (primary N) is 1. The van der Waals surface area contributed by atoms with E-state index in [4.69, 9.17) is 15.0 Å². The Labute approximate surface area is 127 Å². The van der Waals surface area contributed by atoms with E-state index in [1.165, 1.54) is 12.8 Å². The van der Waals surface area contributed by atoms with Crippen LogP contribution in [0.5, 0.6) is 0 Å². The molecule has 0 bridgehead atoms. The molecule has 6 heteroatoms. The summed E-state index contributed by atoms with van der Waals surface area (Å²) in [7, 11) is 0. The van der Waals surface area contributed by atoms with E-state index < -0.39 is 0 Å². The highest BCUT2D eigenvalue weighted by Crippen LogP contribution is 2.24. The van der Waals surface area contributed by atoms with Gasteiger partial charge in [-0.05, 0) is 12.8 Å². The van der Waals surface area contributed by atoms with E-state index in [2.05, 4.69) is 28.9 Å². The van der Waals surface area contributed by atoms with E-state index in [0.717, 1.165) is 51.6 Å². The fourth-order valence-corrected chi connectivity index (χ4v) is 2.66. The minimum absolute atomic E-state index is 0.190. The number of hydrogen-bond acceptors (Lipinski definition) is 6. The lowest BCUT2D eigenvalue weighted by Crippen LogP contribution is -2.40. The average Bonchev–Trinajstić information content (AvgIpc) is 2.99. The highest BCUT2D eigenvalue weighted by molar-refractivity contribution is 4.98. The molecule has 1 fully saturated rings. The maximum absolute atomic E-state index is 6.21. The predicted molar refractivity (Wildman–Crippen MR) is 81.0 cm³/mol. The van der Waals surface area contributed by atoms with Gasteiger partial charge in [-0.25, -0.2) is 0 Å². The zero-order chi connectivity index (χ0) is 15.1. The van der Waals surface area contributed by atoms with Crippen molar-refractivity contribution >= 4 is 0 Å². The topological polar surface area (TPSA) is 77.4 Å². The van der Waals surface area contributed by atoms with Crippen molar-refractivity contribution in [3.05, 3.63) is 11.7 Å². The summed E-state index contributed by atoms with van der Waals surface area (Å²) in [5, 5.41) is 4.09. The van der Waals surface area contributed by atoms with Gasteiger partial charge in [0.15, 0.2) is 5.82 Å². The van der Waals surface area contributed by atoms with Crippen LogP contribution in [-0.2, 0) is 4.74 Å². The minimum Gasteiger partial charge on any atom is -0.379 e. The number of morpholine rings is 1. The number of rotatable bonds is 8. The average molecular weight is 296 g/mol. The number of hydrogen-bond donors (Lipinski definition) is 1. The van der Waals surface area contributed by atoms with Gasteiger partial charge in [-0.2, -0.15) is 4.98 Å². The molecule has 2 heterocycles. The number of ether oxygens (including phenoxy) is 1. The van der Waals surface area contributed by atoms with E-state index in [-0.39, 0.29) is 6.04 Å². The number of aromatic nitrogens is 2. The highest BCUT2D eigenvalue weighted by atomic mass is 16.5. The van der Waals surface area contributed by atoms with Gasteiger partial charge in [-0.3, -0.25) is 4.90 Å². The fourth-order valence-electron chi connectivity index (χ4n) is 2.66. The van der Waals surface area contributed by atoms with Crippen molar-refractivity contribution in [2.75, 3.05) is 32.8 Å². The van der Waals surface area contributed by atoms with E-state index in [1.807, 2.05) is 0 Å². The van der Waals surface area contributed by atoms with Gasteiger partial charge in [-0.15, -0.1) is 0 Å². The predicted octanol–water partition coefficient (Wildman–Crippen LogP) is 2.09. The van der Waals surface area contributed by atoms with Crippen molar-refractivity contribution in [2.45, 2.75) is 51.5 Å². The molecule has 120 valence electrons. The largest absolute Gasteiger partial charge is 0.379 e. The summed E-state index contributed by atoms with van der Waals surface area (Å²) < 4.78 is 10.8. The first kappa shape index (κ1) is 16.4. The van der Waals surface area contributed by atoms with Gasteiger partial charge < -0.3 is 15.0 Å². The van der Waals surface area contributed by atoms with Crippen LogP contribution in [-0.4, -0.2) is 47.9 Å². The Morgan fingerprint density at radius 2 is 2.05 bits per heavy atom. The molecule has 0 aromatic carbocycles. The van der Waals surface area contributed by atoms with E-state index in [1.54, 1.807) is 0 Å². The van der Waals surface area contributed by atoms with E-state index in [0.29, 0.717) is 11.7 Å². The van der Waals surface area contributed by atoms with Crippen LogP contribution < -0.4 is 5.73 Å². The molecule has 0 aliphatic carbocycles. The molecule has 0 spiro atoms. The Bertz CT molecular complexity index is 404. The van der Waals surface area contributed by atoms with Crippen LogP contribution in [0.2, 0.25) is 0 Å². The lowest BCUT2D eigenvalue weighted by atomic mass is 9.99. The molecule has 1 aromatic heterocycles. The normalized spacial score (nSPS) is 19.6. The van der Waals surface area contributed by atoms with E-state index in [9.17, 15) is 0 Å². The van der Waals surface area contributed by atoms with Crippen LogP contribution in [0.15, 0.2) is 4.52 Å². The SMILES string of the molecule is CCCCC(CC)c1nc(C(N)CN2CCOCC2)no1. The Morgan fingerprint density at radius 3 is 2.71 bits per heavy atom. The summed E-state index contributed by atoms with van der Waals surface area (Å²) in [6.07, 6.45) is 4.51. The van der Waals surface area contributed by atoms with Crippen LogP contribution in [0.3, 0.4) is 0 Å². The number of unbranched alkanes of at least 4 members (excludes halogenated alkanes) is 1. The van der Waals surface area contributed by atoms with Gasteiger partial charge >= 0.3 is 0 Å². The quantitative estimate of drug-likeness (QED) is 0.791. The first-order valence-electron chi connectivity index (χ1n) is 8.13. The van der Waals surface area contributed by atoms with Crippen molar-refractivity contribution in [1.82, 2.24) is 15.0 Å². The third-order valence-electron chi connectivity index (χ3n) is 4.10. The Balaban J connectivity index is 1.90. The van der Waals surface area contributed by atoms with Crippen molar-refractivity contribution < 1.29 is 9.26 Å². The molecular formula is C15H28N4O2. The van der Waals surface area contributed by atoms with Gasteiger partial charge in [0.1, 0.15) is 0 Å². The van der Waals surface area contributed by atoms with Crippen LogP contribution >= 0.6 is 0 Å². The molecule has 2 atom stereocenters. The molecule has 21 heavy (non-hydrogen) atoms. The molecule has 1 aliphatic rings. The van der Waals surface area contributed by atoms with Crippen LogP contribution in [0.4, 0.5) is 0 Å². The summed E-state index contributed by atoms with van der Waals surface area (Å²) >= 11 is 0. The maximum atomic E-state index is 6.21. The molecule has 1 saturated heterocycles. The monoisotopic (exact) mass is 296 g/mol. The van der Waals surface area contributed by atoms with Crippen LogP contribution in [0.1, 0.15) is 63.2 Å². The summed E-state index contributed by atoms with van der Waals surface area (Å²) in [5.41, 5.74) is 6.21. The van der Waals surface area contributed by atoms with Gasteiger partial charge in [0, 0.05) is 25.6 Å². The first-order valence-corrected chi connectivity index (χ1v) is 8.13. The molecule has 0 saturated carbocycles. The molecule has 0 amide bonds. The van der Waals surface area contributed by atoms with Gasteiger partial charge in [0.2, 0.25) is 5.89 Å². The van der Waals surface area contributed by atoms with Crippen molar-refractivity contribution in [1.29, 1.82) is 0 Å². The Kier molecular flexibility index (Phi) is 6.60. The molecule has 6 nitrogen and oxygen atoms in total. The smallest absolute Gasteiger partial charge is 0.229 e. The summed E-state index contributed by atoms with van der Waals surface area (Å²) in [5.74, 6) is 1.74. The molecule has 1 aliphatic heterocycles. The zero-order valence-corrected chi connectivity index (χ0v) is 13.3. The third-order valence-corrected chi connectivity index (χ3v) is 4.10. The minimum atomic E-state index is -0.190. The fraction of sp³-hybridized carbons (Fsp3) is 0.867. The molecule has 2 unspecified atom stereocenters. The van der Waals surface area contributed by atoms with Gasteiger partial charge in [0.25, 0.3) is 0 Å². The standard InChI is InChI=1S/C15H28N4O2/c1-3-5-6-12(4-2)15-17-14(18-21-15)13(16)11-19-7-9-20-10-8-19/h12-13H,3-11,16H2,1-2H3. The van der Waals surface area contributed by atoms with Crippen molar-refractivity contribution in [3.63, 3.8) is 0 Å². The lowest BCUT2D eigenvalue weighted by molar-refractivity contribution is 0.0348. The highest BCUT2D eigenvalue weighted by Gasteiger charge is 2.22. The lowest BCUT2D eigenvalue weighted by Gasteiger charge is -2.27. The van der Waals surface area contributed by atoms with Gasteiger partial charge in [0.05, 0.1) is 19.3 Å². The zero-order valence-electron chi connectivity index (χ0n) is 13.3. The molecule has 1 aromatic rings. The third kappa shape index (κ3) is 4.76. The summed E-state index contributed by atoms with van der Waals surface area (Å²) in [4.78, 5) is 6.83. The van der Waals surface area contributed by atoms with Crippen LogP contribution in [0, 0.1) is 0 Å². The molecular weight excluding hydrogens is 268 g/mol. The summed E-state index contributed by atoms with van der Waals surface area (Å²) in [6.45, 7) is 8.52. The second kappa shape index (κ2) is 8.46. The first-order chi connectivity index (χ1) is 10.2. The maximum Gasteiger partial charge on any atom is 0.229 e. The molecule has 2 rings (SSSR count). The Hall–Kier alpha value is -0.980. The number of nitrogens with zero attached hydrogens (tertiary/aromatic N) is 3. The molecule has 2 N–H and O–H groups in total. The second-order valence-corrected chi connectivity index (χ2v) is 5.76. The summed E-state index contributed by atoms with van der Waals surface area (Å²) in [6, 6.07) is -0.190. The second-order valence-electron chi connectivity index (χ2n) is 5.76. The van der Waals surface area contributed by atoms with Crippen molar-refractivity contribution in [2.24, 2.45) is 5.73 Å². The van der Waals surface area contributed by atoms with E-state index >= 15 is 0 Å².